The van der Waals surface area contributed by atoms with Crippen LogP contribution in [0.4, 0.5) is 0 Å². The number of aryl methyl sites for hydroxylation is 1. The van der Waals surface area contributed by atoms with E-state index in [1.54, 1.807) is 10.9 Å². The molecule has 2 rings (SSSR count). The van der Waals surface area contributed by atoms with Gasteiger partial charge < -0.3 is 11.1 Å². The van der Waals surface area contributed by atoms with Crippen molar-refractivity contribution in [2.45, 2.75) is 38.6 Å². The van der Waals surface area contributed by atoms with Crippen LogP contribution in [0.5, 0.6) is 0 Å². The van der Waals surface area contributed by atoms with Crippen molar-refractivity contribution in [1.82, 2.24) is 15.1 Å². The molecule has 1 aliphatic carbocycles. The van der Waals surface area contributed by atoms with E-state index < -0.39 is 0 Å². The molecule has 3 N–H and O–H groups in total. The Morgan fingerprint density at radius 1 is 1.50 bits per heavy atom. The van der Waals surface area contributed by atoms with Crippen molar-refractivity contribution in [2.24, 2.45) is 18.2 Å². The minimum Gasteiger partial charge on any atom is -0.351 e. The molecule has 5 nitrogen and oxygen atoms in total. The molecule has 0 bridgehead atoms. The minimum atomic E-state index is -0.333. The van der Waals surface area contributed by atoms with Gasteiger partial charge in [0.25, 0.3) is 0 Å². The zero-order chi connectivity index (χ0) is 13.0. The number of carbonyl (C=O) groups excluding carboxylic acids is 1. The van der Waals surface area contributed by atoms with E-state index in [1.165, 1.54) is 6.42 Å². The molecule has 1 aliphatic rings. The second-order valence-electron chi connectivity index (χ2n) is 5.25. The topological polar surface area (TPSA) is 72.9 Å². The second kappa shape index (κ2) is 5.52. The smallest absolute Gasteiger partial charge is 0.227 e. The summed E-state index contributed by atoms with van der Waals surface area (Å²) < 4.78 is 1.74. The van der Waals surface area contributed by atoms with Gasteiger partial charge in [-0.1, -0.05) is 19.3 Å². The molecule has 0 aromatic carbocycles. The van der Waals surface area contributed by atoms with Gasteiger partial charge in [-0.25, -0.2) is 0 Å². The fourth-order valence-corrected chi connectivity index (χ4v) is 2.69. The lowest BCUT2D eigenvalue weighted by Crippen LogP contribution is -2.46. The molecule has 5 heteroatoms. The largest absolute Gasteiger partial charge is 0.351 e. The summed E-state index contributed by atoms with van der Waals surface area (Å²) in [4.78, 5) is 12.3. The van der Waals surface area contributed by atoms with Crippen LogP contribution >= 0.6 is 0 Å². The first-order chi connectivity index (χ1) is 8.66. The average Bonchev–Trinajstić information content (AvgIpc) is 2.82. The lowest BCUT2D eigenvalue weighted by molar-refractivity contribution is -0.132. The number of hydrogen-bond acceptors (Lipinski definition) is 3. The maximum absolute atomic E-state index is 12.3. The quantitative estimate of drug-likeness (QED) is 0.835. The third kappa shape index (κ3) is 2.72. The molecule has 0 unspecified atom stereocenters. The molecule has 1 fully saturated rings. The van der Waals surface area contributed by atoms with Crippen LogP contribution in [0.2, 0.25) is 0 Å². The van der Waals surface area contributed by atoms with Crippen LogP contribution in [-0.4, -0.2) is 22.2 Å². The molecule has 0 aliphatic heterocycles. The summed E-state index contributed by atoms with van der Waals surface area (Å²) in [6.07, 6.45) is 8.96. The van der Waals surface area contributed by atoms with Gasteiger partial charge in [-0.05, 0) is 12.8 Å². The van der Waals surface area contributed by atoms with Gasteiger partial charge >= 0.3 is 0 Å². The maximum Gasteiger partial charge on any atom is 0.227 e. The van der Waals surface area contributed by atoms with Crippen LogP contribution in [0.25, 0.3) is 0 Å². The predicted octanol–water partition coefficient (Wildman–Crippen LogP) is 0.945. The highest BCUT2D eigenvalue weighted by Gasteiger charge is 2.37. The fraction of sp³-hybridized carbons (Fsp3) is 0.692. The van der Waals surface area contributed by atoms with Gasteiger partial charge in [0, 0.05) is 31.9 Å². The van der Waals surface area contributed by atoms with Gasteiger partial charge in [0.15, 0.2) is 0 Å². The molecular formula is C13H22N4O. The monoisotopic (exact) mass is 250 g/mol. The molecule has 1 amide bonds. The Bertz CT molecular complexity index is 407. The summed E-state index contributed by atoms with van der Waals surface area (Å²) in [5, 5.41) is 7.09. The van der Waals surface area contributed by atoms with E-state index in [0.29, 0.717) is 13.1 Å². The van der Waals surface area contributed by atoms with Crippen molar-refractivity contribution in [2.75, 3.05) is 6.54 Å². The third-order valence-electron chi connectivity index (χ3n) is 3.89. The normalized spacial score (nSPS) is 18.6. The van der Waals surface area contributed by atoms with Gasteiger partial charge in [-0.2, -0.15) is 5.10 Å². The van der Waals surface area contributed by atoms with Crippen molar-refractivity contribution in [3.8, 4) is 0 Å². The summed E-state index contributed by atoms with van der Waals surface area (Å²) in [6.45, 7) is 0.986. The van der Waals surface area contributed by atoms with Crippen molar-refractivity contribution in [3.05, 3.63) is 18.0 Å². The number of amides is 1. The summed E-state index contributed by atoms with van der Waals surface area (Å²) in [6, 6.07) is 0. The zero-order valence-electron chi connectivity index (χ0n) is 11.0. The molecule has 1 saturated carbocycles. The highest BCUT2D eigenvalue weighted by atomic mass is 16.2. The van der Waals surface area contributed by atoms with Crippen LogP contribution in [0, 0.1) is 5.41 Å². The predicted molar refractivity (Wildman–Crippen MR) is 69.6 cm³/mol. The van der Waals surface area contributed by atoms with Gasteiger partial charge in [0.05, 0.1) is 11.6 Å². The van der Waals surface area contributed by atoms with E-state index in [-0.39, 0.29) is 11.3 Å². The van der Waals surface area contributed by atoms with Crippen molar-refractivity contribution in [3.63, 3.8) is 0 Å². The van der Waals surface area contributed by atoms with Gasteiger partial charge in [0.1, 0.15) is 0 Å². The van der Waals surface area contributed by atoms with Gasteiger partial charge in [-0.3, -0.25) is 9.48 Å². The molecule has 100 valence electrons. The first kappa shape index (κ1) is 13.1. The van der Waals surface area contributed by atoms with E-state index in [4.69, 9.17) is 5.73 Å². The average molecular weight is 250 g/mol. The number of nitrogens with zero attached hydrogens (tertiary/aromatic N) is 2. The number of rotatable bonds is 4. The second-order valence-corrected chi connectivity index (χ2v) is 5.25. The molecule has 0 atom stereocenters. The van der Waals surface area contributed by atoms with Crippen molar-refractivity contribution in [1.29, 1.82) is 0 Å². The van der Waals surface area contributed by atoms with Crippen molar-refractivity contribution >= 4 is 5.91 Å². The first-order valence-electron chi connectivity index (χ1n) is 6.62. The third-order valence-corrected chi connectivity index (χ3v) is 3.89. The van der Waals surface area contributed by atoms with Gasteiger partial charge in [0.2, 0.25) is 5.91 Å². The van der Waals surface area contributed by atoms with E-state index in [9.17, 15) is 4.79 Å². The molecule has 1 aromatic heterocycles. The molecule has 0 saturated heterocycles. The summed E-state index contributed by atoms with van der Waals surface area (Å²) in [5.41, 5.74) is 6.52. The van der Waals surface area contributed by atoms with Crippen LogP contribution in [0.15, 0.2) is 12.4 Å². The lowest BCUT2D eigenvalue weighted by Gasteiger charge is -2.34. The molecule has 18 heavy (non-hydrogen) atoms. The molecule has 0 radical (unpaired) electrons. The number of nitrogens with one attached hydrogen (secondary N) is 1. The Morgan fingerprint density at radius 2 is 2.22 bits per heavy atom. The fourth-order valence-electron chi connectivity index (χ4n) is 2.69. The summed E-state index contributed by atoms with van der Waals surface area (Å²) in [7, 11) is 1.87. The standard InChI is InChI=1S/C13H22N4O/c1-17-9-11(8-16-17)7-15-12(18)13(10-14)5-3-2-4-6-13/h8-9H,2-7,10,14H2,1H3,(H,15,18). The molecule has 1 aromatic rings. The highest BCUT2D eigenvalue weighted by Crippen LogP contribution is 2.35. The Kier molecular flexibility index (Phi) is 4.01. The molecular weight excluding hydrogens is 228 g/mol. The number of aromatic nitrogens is 2. The van der Waals surface area contributed by atoms with E-state index in [2.05, 4.69) is 10.4 Å². The highest BCUT2D eigenvalue weighted by molar-refractivity contribution is 5.83. The molecule has 1 heterocycles. The van der Waals surface area contributed by atoms with E-state index >= 15 is 0 Å². The van der Waals surface area contributed by atoms with E-state index in [0.717, 1.165) is 31.2 Å². The summed E-state index contributed by atoms with van der Waals surface area (Å²) >= 11 is 0. The van der Waals surface area contributed by atoms with E-state index in [1.807, 2.05) is 13.2 Å². The maximum atomic E-state index is 12.3. The Labute approximate surface area is 108 Å². The number of nitrogens with two attached hydrogens (primary N) is 1. The summed E-state index contributed by atoms with van der Waals surface area (Å²) in [5.74, 6) is 0.105. The lowest BCUT2D eigenvalue weighted by atomic mass is 9.73. The van der Waals surface area contributed by atoms with Crippen LogP contribution in [-0.2, 0) is 18.4 Å². The van der Waals surface area contributed by atoms with Crippen LogP contribution in [0.3, 0.4) is 0 Å². The van der Waals surface area contributed by atoms with Crippen LogP contribution in [0.1, 0.15) is 37.7 Å². The Balaban J connectivity index is 1.93. The molecule has 0 spiro atoms. The van der Waals surface area contributed by atoms with Crippen LogP contribution < -0.4 is 11.1 Å². The number of carbonyl (C=O) groups is 1. The first-order valence-corrected chi connectivity index (χ1v) is 6.62. The number of hydrogen-bond donors (Lipinski definition) is 2. The SMILES string of the molecule is Cn1cc(CNC(=O)C2(CN)CCCCC2)cn1. The minimum absolute atomic E-state index is 0.105. The Hall–Kier alpha value is -1.36. The van der Waals surface area contributed by atoms with Crippen molar-refractivity contribution < 1.29 is 4.79 Å². The van der Waals surface area contributed by atoms with Gasteiger partial charge in [-0.15, -0.1) is 0 Å². The Morgan fingerprint density at radius 3 is 2.78 bits per heavy atom. The zero-order valence-corrected chi connectivity index (χ0v) is 11.0.